The molecule has 3 aromatic carbocycles. The van der Waals surface area contributed by atoms with Crippen LogP contribution in [-0.2, 0) is 14.1 Å². The third-order valence-corrected chi connectivity index (χ3v) is 6.89. The summed E-state index contributed by atoms with van der Waals surface area (Å²) in [5.41, 5.74) is 2.48. The van der Waals surface area contributed by atoms with E-state index in [1.807, 2.05) is 18.2 Å². The van der Waals surface area contributed by atoms with Gasteiger partial charge in [0.2, 0.25) is 0 Å². The summed E-state index contributed by atoms with van der Waals surface area (Å²) < 4.78 is 8.03. The number of hydrogen-bond donors (Lipinski definition) is 1. The van der Waals surface area contributed by atoms with Crippen LogP contribution in [0.15, 0.2) is 94.0 Å². The van der Waals surface area contributed by atoms with Crippen LogP contribution < -0.4 is 21.3 Å². The van der Waals surface area contributed by atoms with Gasteiger partial charge in [0.05, 0.1) is 16.8 Å². The van der Waals surface area contributed by atoms with Gasteiger partial charge in [0.25, 0.3) is 5.56 Å². The van der Waals surface area contributed by atoms with Gasteiger partial charge < -0.3 is 10.1 Å². The molecular formula is C29H21N3O5. The number of ether oxygens (including phenoxy) is 1. The fourth-order valence-corrected chi connectivity index (χ4v) is 5.09. The number of allylic oxidation sites excluding steroid dienone is 1. The van der Waals surface area contributed by atoms with E-state index in [0.717, 1.165) is 4.57 Å². The molecule has 0 spiro atoms. The lowest BCUT2D eigenvalue weighted by atomic mass is 9.81. The van der Waals surface area contributed by atoms with Crippen LogP contribution in [-0.4, -0.2) is 20.9 Å². The Labute approximate surface area is 211 Å². The zero-order valence-corrected chi connectivity index (χ0v) is 20.0. The maximum Gasteiger partial charge on any atom is 0.343 e. The van der Waals surface area contributed by atoms with Crippen LogP contribution in [0.25, 0.3) is 5.70 Å². The average molecular weight is 492 g/mol. The molecule has 1 aliphatic heterocycles. The highest BCUT2D eigenvalue weighted by atomic mass is 16.5. The molecule has 0 bridgehead atoms. The summed E-state index contributed by atoms with van der Waals surface area (Å²) >= 11 is 0. The van der Waals surface area contributed by atoms with E-state index in [9.17, 15) is 19.2 Å². The molecule has 8 nitrogen and oxygen atoms in total. The van der Waals surface area contributed by atoms with Crippen molar-refractivity contribution in [3.05, 3.63) is 133 Å². The zero-order valence-electron chi connectivity index (χ0n) is 20.0. The van der Waals surface area contributed by atoms with Crippen molar-refractivity contribution in [2.45, 2.75) is 5.92 Å². The van der Waals surface area contributed by atoms with Crippen LogP contribution >= 0.6 is 0 Å². The molecule has 0 saturated carbocycles. The van der Waals surface area contributed by atoms with Crippen molar-refractivity contribution >= 4 is 23.3 Å². The Morgan fingerprint density at radius 1 is 0.838 bits per heavy atom. The van der Waals surface area contributed by atoms with Gasteiger partial charge in [0, 0.05) is 36.7 Å². The summed E-state index contributed by atoms with van der Waals surface area (Å²) in [6.07, 6.45) is 0. The van der Waals surface area contributed by atoms with E-state index in [0.29, 0.717) is 39.3 Å². The van der Waals surface area contributed by atoms with Crippen molar-refractivity contribution in [1.82, 2.24) is 9.13 Å². The van der Waals surface area contributed by atoms with Crippen LogP contribution in [0.1, 0.15) is 43.3 Å². The fraction of sp³-hybridized carbons (Fsp3) is 0.103. The number of Topliss-reactive ketones (excluding diaryl/α,β-unsaturated/α-hetero) is 1. The highest BCUT2D eigenvalue weighted by Crippen LogP contribution is 2.48. The minimum atomic E-state index is -0.785. The van der Waals surface area contributed by atoms with Gasteiger partial charge in [-0.05, 0) is 29.8 Å². The Bertz CT molecular complexity index is 1780. The van der Waals surface area contributed by atoms with E-state index >= 15 is 0 Å². The summed E-state index contributed by atoms with van der Waals surface area (Å²) in [6.45, 7) is 0. The number of carbonyl (C=O) groups is 2. The predicted molar refractivity (Wildman–Crippen MR) is 138 cm³/mol. The van der Waals surface area contributed by atoms with Gasteiger partial charge in [-0.2, -0.15) is 0 Å². The molecule has 37 heavy (non-hydrogen) atoms. The van der Waals surface area contributed by atoms with Crippen molar-refractivity contribution in [1.29, 1.82) is 0 Å². The van der Waals surface area contributed by atoms with Gasteiger partial charge in [0.15, 0.2) is 5.78 Å². The van der Waals surface area contributed by atoms with E-state index < -0.39 is 23.1 Å². The zero-order chi connectivity index (χ0) is 25.8. The number of nitrogens with one attached hydrogen (secondary N) is 1. The number of nitrogens with zero attached hydrogens (tertiary/aromatic N) is 2. The maximum absolute atomic E-state index is 13.7. The molecule has 0 amide bonds. The normalized spacial score (nSPS) is 15.5. The molecule has 1 aromatic heterocycles. The van der Waals surface area contributed by atoms with Gasteiger partial charge in [-0.1, -0.05) is 54.6 Å². The first-order chi connectivity index (χ1) is 17.9. The highest BCUT2D eigenvalue weighted by Gasteiger charge is 2.42. The Balaban J connectivity index is 1.54. The van der Waals surface area contributed by atoms with Crippen molar-refractivity contribution in [3.8, 4) is 5.75 Å². The molecular weight excluding hydrogens is 470 g/mol. The number of aromatic nitrogens is 2. The van der Waals surface area contributed by atoms with Crippen LogP contribution in [0.2, 0.25) is 0 Å². The number of carbonyl (C=O) groups excluding carboxylic acids is 2. The SMILES string of the molecule is Cn1c2c(c(=O)n(C)c1=O)[C@@H](c1cccc(OC(=O)c3ccccc3)c1)C1=C(N2)c2ccccc2C1=O. The quantitative estimate of drug-likeness (QED) is 0.348. The number of rotatable bonds is 3. The molecule has 1 atom stereocenters. The van der Waals surface area contributed by atoms with Crippen molar-refractivity contribution < 1.29 is 14.3 Å². The largest absolute Gasteiger partial charge is 0.423 e. The second-order valence-corrected chi connectivity index (χ2v) is 9.02. The van der Waals surface area contributed by atoms with Crippen LogP contribution in [0.4, 0.5) is 5.82 Å². The van der Waals surface area contributed by atoms with Gasteiger partial charge in [0.1, 0.15) is 11.6 Å². The van der Waals surface area contributed by atoms with Gasteiger partial charge in [-0.15, -0.1) is 0 Å². The Hall–Kier alpha value is -4.98. The monoisotopic (exact) mass is 491 g/mol. The maximum atomic E-state index is 13.7. The first-order valence-corrected chi connectivity index (χ1v) is 11.7. The lowest BCUT2D eigenvalue weighted by Crippen LogP contribution is -2.42. The average Bonchev–Trinajstić information content (AvgIpc) is 3.21. The molecule has 0 saturated heterocycles. The first kappa shape index (κ1) is 22.5. The number of hydrogen-bond acceptors (Lipinski definition) is 6. The lowest BCUT2D eigenvalue weighted by molar-refractivity contribution is 0.0734. The fourth-order valence-electron chi connectivity index (χ4n) is 5.09. The standard InChI is InChI=1S/C29H21N3O5/c1-31-26-23(27(34)32(2)29(31)36)21(22-24(30-26)19-13-6-7-14-20(19)25(22)33)17-11-8-12-18(15-17)37-28(35)16-9-4-3-5-10-16/h3-15,21,30H,1-2H3/t21-/m0/s1. The van der Waals surface area contributed by atoms with Gasteiger partial charge in [-0.25, -0.2) is 9.59 Å². The molecule has 4 aromatic rings. The van der Waals surface area contributed by atoms with Crippen LogP contribution in [0, 0.1) is 0 Å². The van der Waals surface area contributed by atoms with E-state index in [-0.39, 0.29) is 17.1 Å². The number of anilines is 1. The second-order valence-electron chi connectivity index (χ2n) is 9.02. The third-order valence-electron chi connectivity index (χ3n) is 6.89. The molecule has 1 N–H and O–H groups in total. The Morgan fingerprint density at radius 2 is 1.54 bits per heavy atom. The third kappa shape index (κ3) is 3.37. The summed E-state index contributed by atoms with van der Waals surface area (Å²) in [4.78, 5) is 52.6. The van der Waals surface area contributed by atoms with E-state index in [4.69, 9.17) is 4.74 Å². The molecule has 0 radical (unpaired) electrons. The summed E-state index contributed by atoms with van der Waals surface area (Å²) in [6, 6.07) is 22.6. The topological polar surface area (TPSA) is 99.4 Å². The van der Waals surface area contributed by atoms with Crippen LogP contribution in [0.5, 0.6) is 5.75 Å². The molecule has 2 heterocycles. The van der Waals surface area contributed by atoms with Crippen molar-refractivity contribution in [2.24, 2.45) is 14.1 Å². The summed E-state index contributed by atoms with van der Waals surface area (Å²) in [7, 11) is 2.99. The summed E-state index contributed by atoms with van der Waals surface area (Å²) in [5.74, 6) is -0.902. The van der Waals surface area contributed by atoms with E-state index in [2.05, 4.69) is 5.32 Å². The first-order valence-electron chi connectivity index (χ1n) is 11.7. The number of ketones is 1. The highest BCUT2D eigenvalue weighted by molar-refractivity contribution is 6.23. The minimum absolute atomic E-state index is 0.198. The molecule has 2 aliphatic rings. The van der Waals surface area contributed by atoms with Gasteiger partial charge in [-0.3, -0.25) is 18.7 Å². The second kappa shape index (κ2) is 8.30. The molecule has 8 heteroatoms. The number of esters is 1. The Morgan fingerprint density at radius 3 is 2.30 bits per heavy atom. The predicted octanol–water partition coefficient (Wildman–Crippen LogP) is 3.47. The van der Waals surface area contributed by atoms with Crippen LogP contribution in [0.3, 0.4) is 0 Å². The van der Waals surface area contributed by atoms with Gasteiger partial charge >= 0.3 is 11.7 Å². The van der Waals surface area contributed by atoms with Crippen molar-refractivity contribution in [2.75, 3.05) is 5.32 Å². The molecule has 1 aliphatic carbocycles. The molecule has 0 unspecified atom stereocenters. The Kier molecular flexibility index (Phi) is 5.05. The molecule has 182 valence electrons. The van der Waals surface area contributed by atoms with E-state index in [1.54, 1.807) is 67.7 Å². The minimum Gasteiger partial charge on any atom is -0.423 e. The lowest BCUT2D eigenvalue weighted by Gasteiger charge is -2.29. The number of fused-ring (bicyclic) bond motifs is 3. The molecule has 0 fully saturated rings. The number of benzene rings is 3. The van der Waals surface area contributed by atoms with Crippen molar-refractivity contribution in [3.63, 3.8) is 0 Å². The summed E-state index contributed by atoms with van der Waals surface area (Å²) in [5, 5.41) is 3.21. The van der Waals surface area contributed by atoms with E-state index in [1.165, 1.54) is 11.6 Å². The molecule has 6 rings (SSSR count). The smallest absolute Gasteiger partial charge is 0.343 e.